The summed E-state index contributed by atoms with van der Waals surface area (Å²) in [5.74, 6) is 4.51. The zero-order valence-electron chi connectivity index (χ0n) is 16.1. The third-order valence-electron chi connectivity index (χ3n) is 9.46. The van der Waals surface area contributed by atoms with E-state index in [-0.39, 0.29) is 11.5 Å². The predicted octanol–water partition coefficient (Wildman–Crippen LogP) is 5.26. The molecule has 4 saturated carbocycles. The SMILES string of the molecule is C[C@@H]1C[C@H]2[C@@H]3CC[C@H]4C[C@@H](O)CC[C@]4(C)[C@H]3CC[C@]2(C)[C@H]1C(=O)CI. The van der Waals surface area contributed by atoms with Crippen molar-refractivity contribution in [3.05, 3.63) is 0 Å². The Bertz CT molecular complexity index is 548. The van der Waals surface area contributed by atoms with Gasteiger partial charge < -0.3 is 5.11 Å². The van der Waals surface area contributed by atoms with E-state index in [0.717, 1.165) is 36.5 Å². The highest BCUT2D eigenvalue weighted by molar-refractivity contribution is 14.1. The molecule has 0 radical (unpaired) electrons. The minimum Gasteiger partial charge on any atom is -0.393 e. The summed E-state index contributed by atoms with van der Waals surface area (Å²) in [5, 5.41) is 10.2. The van der Waals surface area contributed by atoms with E-state index in [1.54, 1.807) is 0 Å². The van der Waals surface area contributed by atoms with Crippen LogP contribution in [-0.4, -0.2) is 21.4 Å². The van der Waals surface area contributed by atoms with Crippen molar-refractivity contribution in [1.82, 2.24) is 0 Å². The van der Waals surface area contributed by atoms with Gasteiger partial charge in [0.25, 0.3) is 0 Å². The largest absolute Gasteiger partial charge is 0.393 e. The Morgan fingerprint density at radius 2 is 1.76 bits per heavy atom. The number of Topliss-reactive ketones (excluding diaryl/α,β-unsaturated/α-hetero) is 1. The lowest BCUT2D eigenvalue weighted by molar-refractivity contribution is -0.138. The predicted molar refractivity (Wildman–Crippen MR) is 110 cm³/mol. The summed E-state index contributed by atoms with van der Waals surface area (Å²) < 4.78 is 0.681. The summed E-state index contributed by atoms with van der Waals surface area (Å²) in [7, 11) is 0. The van der Waals surface area contributed by atoms with Crippen molar-refractivity contribution in [2.75, 3.05) is 4.43 Å². The van der Waals surface area contributed by atoms with E-state index in [9.17, 15) is 9.90 Å². The van der Waals surface area contributed by atoms with Crippen LogP contribution < -0.4 is 0 Å². The minimum atomic E-state index is -0.0550. The lowest BCUT2D eigenvalue weighted by Crippen LogP contribution is -2.54. The maximum atomic E-state index is 12.7. The summed E-state index contributed by atoms with van der Waals surface area (Å²) in [6.07, 6.45) is 9.69. The van der Waals surface area contributed by atoms with Crippen LogP contribution in [-0.2, 0) is 4.79 Å². The molecule has 4 aliphatic rings. The molecule has 3 heteroatoms. The van der Waals surface area contributed by atoms with Gasteiger partial charge in [-0.1, -0.05) is 43.4 Å². The van der Waals surface area contributed by atoms with Crippen LogP contribution >= 0.6 is 22.6 Å². The van der Waals surface area contributed by atoms with Crippen molar-refractivity contribution >= 4 is 28.4 Å². The van der Waals surface area contributed by atoms with Crippen molar-refractivity contribution in [1.29, 1.82) is 0 Å². The van der Waals surface area contributed by atoms with Crippen LogP contribution in [0.15, 0.2) is 0 Å². The van der Waals surface area contributed by atoms with Crippen molar-refractivity contribution in [3.8, 4) is 0 Å². The van der Waals surface area contributed by atoms with E-state index >= 15 is 0 Å². The molecule has 0 heterocycles. The lowest BCUT2D eigenvalue weighted by Gasteiger charge is -2.60. The minimum absolute atomic E-state index is 0.0550. The molecule has 9 atom stereocenters. The molecular formula is C22H35IO2. The van der Waals surface area contributed by atoms with Crippen molar-refractivity contribution < 1.29 is 9.90 Å². The topological polar surface area (TPSA) is 37.3 Å². The highest BCUT2D eigenvalue weighted by Crippen LogP contribution is 2.68. The first kappa shape index (κ1) is 18.7. The second-order valence-corrected chi connectivity index (χ2v) is 11.2. The van der Waals surface area contributed by atoms with Crippen LogP contribution in [0.5, 0.6) is 0 Å². The monoisotopic (exact) mass is 458 g/mol. The normalized spacial score (nSPS) is 55.2. The molecule has 4 rings (SSSR count). The van der Waals surface area contributed by atoms with Crippen LogP contribution in [0.3, 0.4) is 0 Å². The number of carbonyl (C=O) groups is 1. The number of rotatable bonds is 2. The zero-order chi connectivity index (χ0) is 18.0. The quantitative estimate of drug-likeness (QED) is 0.453. The number of halogens is 1. The van der Waals surface area contributed by atoms with E-state index in [4.69, 9.17) is 0 Å². The van der Waals surface area contributed by atoms with Gasteiger partial charge in [-0.2, -0.15) is 0 Å². The Morgan fingerprint density at radius 1 is 1.04 bits per heavy atom. The van der Waals surface area contributed by atoms with Gasteiger partial charge in [0.2, 0.25) is 0 Å². The molecule has 4 fully saturated rings. The van der Waals surface area contributed by atoms with Gasteiger partial charge in [-0.25, -0.2) is 0 Å². The molecule has 0 aromatic heterocycles. The number of aliphatic hydroxyl groups is 1. The molecule has 1 N–H and O–H groups in total. The van der Waals surface area contributed by atoms with Gasteiger partial charge >= 0.3 is 0 Å². The highest BCUT2D eigenvalue weighted by atomic mass is 127. The van der Waals surface area contributed by atoms with Gasteiger partial charge in [0.05, 0.1) is 10.5 Å². The van der Waals surface area contributed by atoms with Gasteiger partial charge in [-0.3, -0.25) is 4.79 Å². The molecule has 25 heavy (non-hydrogen) atoms. The fourth-order valence-electron chi connectivity index (χ4n) is 8.37. The van der Waals surface area contributed by atoms with Crippen molar-refractivity contribution in [2.45, 2.75) is 78.2 Å². The lowest BCUT2D eigenvalue weighted by atomic mass is 9.44. The Hall–Kier alpha value is 0.360. The molecule has 4 aliphatic carbocycles. The van der Waals surface area contributed by atoms with Gasteiger partial charge in [0.15, 0.2) is 0 Å². The van der Waals surface area contributed by atoms with Crippen LogP contribution in [0.1, 0.15) is 72.1 Å². The van der Waals surface area contributed by atoms with E-state index in [1.165, 1.54) is 38.5 Å². The number of alkyl halides is 1. The maximum Gasteiger partial charge on any atom is 0.146 e. The summed E-state index contributed by atoms with van der Waals surface area (Å²) in [5.41, 5.74) is 0.693. The average Bonchev–Trinajstić information content (AvgIpc) is 2.85. The Labute approximate surface area is 167 Å². The van der Waals surface area contributed by atoms with Gasteiger partial charge in [-0.05, 0) is 91.8 Å². The van der Waals surface area contributed by atoms with Crippen molar-refractivity contribution in [2.24, 2.45) is 46.3 Å². The van der Waals surface area contributed by atoms with Crippen LogP contribution in [0.25, 0.3) is 0 Å². The first-order chi connectivity index (χ1) is 11.8. The van der Waals surface area contributed by atoms with Crippen LogP contribution in [0, 0.1) is 46.3 Å². The highest BCUT2D eigenvalue weighted by Gasteiger charge is 2.62. The van der Waals surface area contributed by atoms with Crippen molar-refractivity contribution in [3.63, 3.8) is 0 Å². The molecule has 0 aromatic carbocycles. The first-order valence-electron chi connectivity index (χ1n) is 10.6. The first-order valence-corrected chi connectivity index (χ1v) is 12.1. The fraction of sp³-hybridized carbons (Fsp3) is 0.955. The molecule has 0 aromatic rings. The van der Waals surface area contributed by atoms with E-state index < -0.39 is 0 Å². The Morgan fingerprint density at radius 3 is 2.48 bits per heavy atom. The number of carbonyl (C=O) groups excluding carboxylic acids is 1. The maximum absolute atomic E-state index is 12.7. The average molecular weight is 458 g/mol. The molecule has 142 valence electrons. The zero-order valence-corrected chi connectivity index (χ0v) is 18.3. The molecule has 0 unspecified atom stereocenters. The molecule has 0 spiro atoms. The van der Waals surface area contributed by atoms with Gasteiger partial charge in [-0.15, -0.1) is 0 Å². The number of hydrogen-bond acceptors (Lipinski definition) is 2. The number of ketones is 1. The fourth-order valence-corrected chi connectivity index (χ4v) is 8.84. The summed E-state index contributed by atoms with van der Waals surface area (Å²) in [6, 6.07) is 0. The number of aliphatic hydroxyl groups excluding tert-OH is 1. The number of fused-ring (bicyclic) bond motifs is 5. The molecule has 0 aliphatic heterocycles. The second kappa shape index (κ2) is 6.46. The van der Waals surface area contributed by atoms with E-state index in [1.807, 2.05) is 0 Å². The third kappa shape index (κ3) is 2.68. The summed E-state index contributed by atoms with van der Waals surface area (Å²) >= 11 is 2.28. The molecule has 2 nitrogen and oxygen atoms in total. The van der Waals surface area contributed by atoms with Crippen LogP contribution in [0.4, 0.5) is 0 Å². The molecule has 0 bridgehead atoms. The number of hydrogen-bond donors (Lipinski definition) is 1. The van der Waals surface area contributed by atoms with Gasteiger partial charge in [0.1, 0.15) is 5.78 Å². The van der Waals surface area contributed by atoms with Gasteiger partial charge in [0, 0.05) is 5.92 Å². The van der Waals surface area contributed by atoms with E-state index in [0.29, 0.717) is 27.5 Å². The van der Waals surface area contributed by atoms with E-state index in [2.05, 4.69) is 43.4 Å². The summed E-state index contributed by atoms with van der Waals surface area (Å²) in [6.45, 7) is 7.36. The molecular weight excluding hydrogens is 423 g/mol. The smallest absolute Gasteiger partial charge is 0.146 e. The standard InChI is InChI=1S/C22H35IO2/c1-13-10-18-16-5-4-14-11-15(24)6-8-21(14,2)17(16)7-9-22(18,3)20(13)19(25)12-23/h13-18,20,24H,4-12H2,1-3H3/t13-,14+,15+,16-,17+,18+,20-,21+,22+/m1/s1. The summed E-state index contributed by atoms with van der Waals surface area (Å²) in [4.78, 5) is 12.7. The Kier molecular flexibility index (Phi) is 4.84. The second-order valence-electron chi connectivity index (χ2n) is 10.4. The Balaban J connectivity index is 1.63. The third-order valence-corrected chi connectivity index (χ3v) is 10.2. The van der Waals surface area contributed by atoms with Crippen LogP contribution in [0.2, 0.25) is 0 Å². The molecule has 0 amide bonds. The molecule has 0 saturated heterocycles.